The number of amides is 1. The lowest BCUT2D eigenvalue weighted by Crippen LogP contribution is -2.44. The summed E-state index contributed by atoms with van der Waals surface area (Å²) in [5, 5.41) is 5.30. The molecular formula is C11H24N2O3S. The highest BCUT2D eigenvalue weighted by Gasteiger charge is 2.17. The number of carbonyl (C=O) groups is 1. The Morgan fingerprint density at radius 2 is 1.76 bits per heavy atom. The number of carbonyl (C=O) groups excluding carboxylic acids is 1. The quantitative estimate of drug-likeness (QED) is 0.662. The van der Waals surface area contributed by atoms with Crippen LogP contribution in [0.25, 0.3) is 0 Å². The maximum atomic E-state index is 11.5. The van der Waals surface area contributed by atoms with Gasteiger partial charge in [0, 0.05) is 13.1 Å². The maximum absolute atomic E-state index is 11.5. The molecule has 0 rings (SSSR count). The lowest BCUT2D eigenvalue weighted by molar-refractivity contribution is -0.122. The monoisotopic (exact) mass is 264 g/mol. The Morgan fingerprint density at radius 3 is 2.24 bits per heavy atom. The summed E-state index contributed by atoms with van der Waals surface area (Å²) in [6, 6.07) is -0.357. The molecule has 0 aliphatic heterocycles. The minimum atomic E-state index is -3.03. The van der Waals surface area contributed by atoms with Crippen LogP contribution in [-0.4, -0.2) is 44.5 Å². The maximum Gasteiger partial charge on any atom is 0.236 e. The molecule has 6 heteroatoms. The van der Waals surface area contributed by atoms with E-state index in [4.69, 9.17) is 0 Å². The van der Waals surface area contributed by atoms with Crippen LogP contribution in [0.4, 0.5) is 0 Å². The fraction of sp³-hybridized carbons (Fsp3) is 0.909. The predicted octanol–water partition coefficient (Wildman–Crippen LogP) is 0.314. The van der Waals surface area contributed by atoms with E-state index < -0.39 is 9.84 Å². The van der Waals surface area contributed by atoms with E-state index in [0.29, 0.717) is 13.1 Å². The van der Waals surface area contributed by atoms with E-state index in [-0.39, 0.29) is 23.0 Å². The van der Waals surface area contributed by atoms with Gasteiger partial charge in [-0.2, -0.15) is 0 Å². The first-order valence-electron chi connectivity index (χ1n) is 6.04. The molecule has 102 valence electrons. The van der Waals surface area contributed by atoms with Crippen molar-refractivity contribution >= 4 is 15.7 Å². The summed E-state index contributed by atoms with van der Waals surface area (Å²) < 4.78 is 23.0. The molecule has 0 radical (unpaired) electrons. The van der Waals surface area contributed by atoms with Crippen LogP contribution in [0, 0.1) is 0 Å². The van der Waals surface area contributed by atoms with Gasteiger partial charge in [-0.15, -0.1) is 0 Å². The van der Waals surface area contributed by atoms with Crippen molar-refractivity contribution in [1.29, 1.82) is 0 Å². The Hall–Kier alpha value is -0.620. The molecule has 0 aromatic carbocycles. The van der Waals surface area contributed by atoms with Crippen LogP contribution in [0.2, 0.25) is 0 Å². The Morgan fingerprint density at radius 1 is 1.18 bits per heavy atom. The molecule has 5 nitrogen and oxygen atoms in total. The minimum Gasteiger partial charge on any atom is -0.355 e. The molecule has 0 heterocycles. The van der Waals surface area contributed by atoms with E-state index in [1.165, 1.54) is 0 Å². The number of rotatable bonds is 8. The van der Waals surface area contributed by atoms with Gasteiger partial charge in [-0.05, 0) is 27.2 Å². The van der Waals surface area contributed by atoms with Crippen LogP contribution in [0.15, 0.2) is 0 Å². The molecule has 17 heavy (non-hydrogen) atoms. The number of hydrogen-bond donors (Lipinski definition) is 2. The molecular weight excluding hydrogens is 240 g/mol. The molecule has 0 spiro atoms. The topological polar surface area (TPSA) is 75.3 Å². The predicted molar refractivity (Wildman–Crippen MR) is 69.7 cm³/mol. The summed E-state index contributed by atoms with van der Waals surface area (Å²) in [7, 11) is -3.03. The van der Waals surface area contributed by atoms with Crippen molar-refractivity contribution in [3.63, 3.8) is 0 Å². The standard InChI is InChI=1S/C11H24N2O3S/c1-5-6-13-11(14)10(4)12-7-8-17(15,16)9(2)3/h9-10,12H,5-8H2,1-4H3,(H,13,14). The van der Waals surface area contributed by atoms with E-state index in [9.17, 15) is 13.2 Å². The van der Waals surface area contributed by atoms with Crippen LogP contribution >= 0.6 is 0 Å². The van der Waals surface area contributed by atoms with Gasteiger partial charge in [0.15, 0.2) is 9.84 Å². The Kier molecular flexibility index (Phi) is 7.38. The summed E-state index contributed by atoms with van der Waals surface area (Å²) in [5.74, 6) is -0.0235. The summed E-state index contributed by atoms with van der Waals surface area (Å²) in [6.45, 7) is 7.98. The van der Waals surface area contributed by atoms with Gasteiger partial charge >= 0.3 is 0 Å². The van der Waals surface area contributed by atoms with Crippen molar-refractivity contribution in [2.45, 2.75) is 45.4 Å². The van der Waals surface area contributed by atoms with Crippen molar-refractivity contribution < 1.29 is 13.2 Å². The highest BCUT2D eigenvalue weighted by molar-refractivity contribution is 7.92. The van der Waals surface area contributed by atoms with Crippen molar-refractivity contribution in [2.24, 2.45) is 0 Å². The molecule has 0 aliphatic rings. The lowest BCUT2D eigenvalue weighted by atomic mass is 10.3. The summed E-state index contributed by atoms with van der Waals surface area (Å²) in [5.41, 5.74) is 0. The van der Waals surface area contributed by atoms with Gasteiger partial charge in [-0.25, -0.2) is 8.42 Å². The van der Waals surface area contributed by atoms with E-state index in [0.717, 1.165) is 6.42 Å². The van der Waals surface area contributed by atoms with Gasteiger partial charge in [0.05, 0.1) is 17.0 Å². The number of nitrogens with one attached hydrogen (secondary N) is 2. The fourth-order valence-corrected chi connectivity index (χ4v) is 2.02. The van der Waals surface area contributed by atoms with Gasteiger partial charge in [0.2, 0.25) is 5.91 Å². The fourth-order valence-electron chi connectivity index (χ4n) is 1.15. The van der Waals surface area contributed by atoms with Crippen molar-refractivity contribution in [2.75, 3.05) is 18.8 Å². The van der Waals surface area contributed by atoms with Gasteiger partial charge in [0.1, 0.15) is 0 Å². The molecule has 1 atom stereocenters. The van der Waals surface area contributed by atoms with Crippen LogP contribution in [-0.2, 0) is 14.6 Å². The minimum absolute atomic E-state index is 0.0655. The Balaban J connectivity index is 3.93. The van der Waals surface area contributed by atoms with Gasteiger partial charge in [0.25, 0.3) is 0 Å². The lowest BCUT2D eigenvalue weighted by Gasteiger charge is -2.14. The highest BCUT2D eigenvalue weighted by Crippen LogP contribution is 1.99. The third-order valence-corrected chi connectivity index (χ3v) is 4.71. The Bertz CT molecular complexity index is 326. The van der Waals surface area contributed by atoms with Crippen LogP contribution in [0.1, 0.15) is 34.1 Å². The van der Waals surface area contributed by atoms with Crippen molar-refractivity contribution in [3.8, 4) is 0 Å². The smallest absolute Gasteiger partial charge is 0.236 e. The molecule has 0 aromatic heterocycles. The van der Waals surface area contributed by atoms with E-state index >= 15 is 0 Å². The van der Waals surface area contributed by atoms with Crippen molar-refractivity contribution in [3.05, 3.63) is 0 Å². The number of sulfone groups is 1. The van der Waals surface area contributed by atoms with Crippen molar-refractivity contribution in [1.82, 2.24) is 10.6 Å². The average molecular weight is 264 g/mol. The molecule has 0 aromatic rings. The van der Waals surface area contributed by atoms with E-state index in [1.807, 2.05) is 6.92 Å². The zero-order valence-electron chi connectivity index (χ0n) is 11.1. The third kappa shape index (κ3) is 6.63. The summed E-state index contributed by atoms with van der Waals surface area (Å²) >= 11 is 0. The van der Waals surface area contributed by atoms with Crippen LogP contribution in [0.5, 0.6) is 0 Å². The zero-order chi connectivity index (χ0) is 13.5. The van der Waals surface area contributed by atoms with E-state index in [2.05, 4.69) is 10.6 Å². The van der Waals surface area contributed by atoms with Crippen LogP contribution < -0.4 is 10.6 Å². The second kappa shape index (κ2) is 7.66. The summed E-state index contributed by atoms with van der Waals surface area (Å²) in [4.78, 5) is 11.5. The first kappa shape index (κ1) is 16.4. The third-order valence-electron chi connectivity index (χ3n) is 2.50. The van der Waals surface area contributed by atoms with Crippen LogP contribution in [0.3, 0.4) is 0 Å². The second-order valence-electron chi connectivity index (χ2n) is 4.38. The van der Waals surface area contributed by atoms with Gasteiger partial charge < -0.3 is 10.6 Å². The molecule has 0 saturated heterocycles. The Labute approximate surface area is 104 Å². The molecule has 1 amide bonds. The molecule has 0 bridgehead atoms. The number of hydrogen-bond acceptors (Lipinski definition) is 4. The molecule has 0 aliphatic carbocycles. The average Bonchev–Trinajstić information content (AvgIpc) is 2.25. The largest absolute Gasteiger partial charge is 0.355 e. The molecule has 0 saturated carbocycles. The van der Waals surface area contributed by atoms with Gasteiger partial charge in [-0.3, -0.25) is 4.79 Å². The molecule has 0 fully saturated rings. The summed E-state index contributed by atoms with van der Waals surface area (Å²) in [6.07, 6.45) is 0.889. The van der Waals surface area contributed by atoms with E-state index in [1.54, 1.807) is 20.8 Å². The second-order valence-corrected chi connectivity index (χ2v) is 7.06. The first-order valence-corrected chi connectivity index (χ1v) is 7.75. The van der Waals surface area contributed by atoms with Gasteiger partial charge in [-0.1, -0.05) is 6.92 Å². The molecule has 2 N–H and O–H groups in total. The molecule has 1 unspecified atom stereocenters. The zero-order valence-corrected chi connectivity index (χ0v) is 11.9. The SMILES string of the molecule is CCCNC(=O)C(C)NCCS(=O)(=O)C(C)C. The normalized spacial score (nSPS) is 13.7. The first-order chi connectivity index (χ1) is 7.81. The highest BCUT2D eigenvalue weighted by atomic mass is 32.2.